The number of amides is 3. The van der Waals surface area contributed by atoms with Crippen LogP contribution in [0.3, 0.4) is 0 Å². The summed E-state index contributed by atoms with van der Waals surface area (Å²) < 4.78 is 5.08. The molecule has 1 aromatic carbocycles. The van der Waals surface area contributed by atoms with Gasteiger partial charge in [0, 0.05) is 0 Å². The fraction of sp³-hybridized carbons (Fsp3) is 0.235. The first-order chi connectivity index (χ1) is 12.0. The maximum absolute atomic E-state index is 12.1. The lowest BCUT2D eigenvalue weighted by atomic mass is 10.2. The minimum atomic E-state index is -0.818. The van der Waals surface area contributed by atoms with Crippen LogP contribution in [0.25, 0.3) is 0 Å². The second-order valence-electron chi connectivity index (χ2n) is 5.25. The number of hydrogen-bond acceptors (Lipinski definition) is 4. The average Bonchev–Trinajstić information content (AvgIpc) is 3.11. The van der Waals surface area contributed by atoms with Crippen LogP contribution in [0, 0.1) is 0 Å². The van der Waals surface area contributed by atoms with Gasteiger partial charge in [0.15, 0.2) is 0 Å². The lowest BCUT2D eigenvalue weighted by Crippen LogP contribution is -2.47. The Morgan fingerprint density at radius 1 is 1.12 bits per heavy atom. The highest BCUT2D eigenvalue weighted by atomic mass is 35.5. The van der Waals surface area contributed by atoms with Crippen molar-refractivity contribution in [2.45, 2.75) is 19.5 Å². The molecule has 3 amide bonds. The van der Waals surface area contributed by atoms with Gasteiger partial charge in [-0.25, -0.2) is 0 Å². The SMILES string of the molecule is CC(NC(=O)c1ccccc1Cl)C(=O)NCC(=O)NCc1ccco1. The van der Waals surface area contributed by atoms with Crippen molar-refractivity contribution in [3.05, 3.63) is 59.0 Å². The van der Waals surface area contributed by atoms with E-state index in [0.29, 0.717) is 10.8 Å². The zero-order chi connectivity index (χ0) is 18.2. The lowest BCUT2D eigenvalue weighted by molar-refractivity contribution is -0.127. The van der Waals surface area contributed by atoms with Gasteiger partial charge in [-0.1, -0.05) is 23.7 Å². The van der Waals surface area contributed by atoms with E-state index in [-0.39, 0.29) is 24.6 Å². The molecule has 0 saturated carbocycles. The number of carbonyl (C=O) groups is 3. The highest BCUT2D eigenvalue weighted by Crippen LogP contribution is 2.14. The molecule has 1 atom stereocenters. The van der Waals surface area contributed by atoms with E-state index in [1.165, 1.54) is 13.2 Å². The topological polar surface area (TPSA) is 100 Å². The summed E-state index contributed by atoms with van der Waals surface area (Å²) in [5.41, 5.74) is 0.278. The summed E-state index contributed by atoms with van der Waals surface area (Å²) in [6.45, 7) is 1.55. The minimum Gasteiger partial charge on any atom is -0.467 e. The molecule has 3 N–H and O–H groups in total. The van der Waals surface area contributed by atoms with Crippen molar-refractivity contribution in [1.29, 1.82) is 0 Å². The van der Waals surface area contributed by atoms with Crippen molar-refractivity contribution in [3.8, 4) is 0 Å². The highest BCUT2D eigenvalue weighted by Gasteiger charge is 2.18. The van der Waals surface area contributed by atoms with E-state index >= 15 is 0 Å². The van der Waals surface area contributed by atoms with Crippen molar-refractivity contribution in [2.75, 3.05) is 6.54 Å². The molecule has 0 aliphatic carbocycles. The lowest BCUT2D eigenvalue weighted by Gasteiger charge is -2.14. The van der Waals surface area contributed by atoms with Crippen LogP contribution in [-0.2, 0) is 16.1 Å². The summed E-state index contributed by atoms with van der Waals surface area (Å²) >= 11 is 5.94. The second-order valence-corrected chi connectivity index (χ2v) is 5.66. The van der Waals surface area contributed by atoms with Crippen molar-refractivity contribution >= 4 is 29.3 Å². The van der Waals surface area contributed by atoms with Crippen LogP contribution >= 0.6 is 11.6 Å². The Kier molecular flexibility index (Phi) is 6.59. The first kappa shape index (κ1) is 18.5. The Morgan fingerprint density at radius 3 is 2.56 bits per heavy atom. The molecular weight excluding hydrogens is 346 g/mol. The first-order valence-electron chi connectivity index (χ1n) is 7.59. The van der Waals surface area contributed by atoms with Crippen LogP contribution in [-0.4, -0.2) is 30.3 Å². The number of rotatable bonds is 7. The predicted octanol–water partition coefficient (Wildman–Crippen LogP) is 1.48. The molecule has 2 rings (SSSR count). The van der Waals surface area contributed by atoms with Gasteiger partial charge in [0.2, 0.25) is 11.8 Å². The van der Waals surface area contributed by atoms with Gasteiger partial charge in [-0.3, -0.25) is 14.4 Å². The Morgan fingerprint density at radius 2 is 1.88 bits per heavy atom. The van der Waals surface area contributed by atoms with E-state index in [0.717, 1.165) is 0 Å². The molecule has 1 heterocycles. The third-order valence-electron chi connectivity index (χ3n) is 3.32. The van der Waals surface area contributed by atoms with Crippen molar-refractivity contribution in [1.82, 2.24) is 16.0 Å². The molecule has 0 saturated heterocycles. The number of carbonyl (C=O) groups excluding carboxylic acids is 3. The molecule has 0 radical (unpaired) electrons. The third-order valence-corrected chi connectivity index (χ3v) is 3.65. The highest BCUT2D eigenvalue weighted by molar-refractivity contribution is 6.33. The Hall–Kier alpha value is -2.80. The van der Waals surface area contributed by atoms with Gasteiger partial charge >= 0.3 is 0 Å². The molecule has 0 aliphatic heterocycles. The molecule has 7 nitrogen and oxygen atoms in total. The summed E-state index contributed by atoms with van der Waals surface area (Å²) in [5.74, 6) is -0.696. The first-order valence-corrected chi connectivity index (χ1v) is 7.97. The third kappa shape index (κ3) is 5.65. The van der Waals surface area contributed by atoms with Gasteiger partial charge in [0.1, 0.15) is 11.8 Å². The molecule has 0 spiro atoms. The Labute approximate surface area is 149 Å². The second kappa shape index (κ2) is 8.89. The quantitative estimate of drug-likeness (QED) is 0.693. The summed E-state index contributed by atoms with van der Waals surface area (Å²) in [5, 5.41) is 7.88. The predicted molar refractivity (Wildman–Crippen MR) is 91.9 cm³/mol. The molecule has 25 heavy (non-hydrogen) atoms. The smallest absolute Gasteiger partial charge is 0.253 e. The molecule has 1 unspecified atom stereocenters. The number of nitrogens with one attached hydrogen (secondary N) is 3. The summed E-state index contributed by atoms with van der Waals surface area (Å²) in [7, 11) is 0. The van der Waals surface area contributed by atoms with Gasteiger partial charge in [-0.05, 0) is 31.2 Å². The average molecular weight is 364 g/mol. The molecule has 0 fully saturated rings. The largest absolute Gasteiger partial charge is 0.467 e. The maximum atomic E-state index is 12.1. The molecule has 2 aromatic rings. The fourth-order valence-corrected chi connectivity index (χ4v) is 2.19. The standard InChI is InChI=1S/C17H18ClN3O4/c1-11(21-17(24)13-6-2-3-7-14(13)18)16(23)20-10-15(22)19-9-12-5-4-8-25-12/h2-8,11H,9-10H2,1H3,(H,19,22)(H,20,23)(H,21,24). The van der Waals surface area contributed by atoms with Gasteiger partial charge in [0.05, 0.1) is 29.9 Å². The molecule has 0 aliphatic rings. The van der Waals surface area contributed by atoms with Crippen molar-refractivity contribution < 1.29 is 18.8 Å². The van der Waals surface area contributed by atoms with Crippen LogP contribution in [0.2, 0.25) is 5.02 Å². The molecule has 0 bridgehead atoms. The number of halogens is 1. The van der Waals surface area contributed by atoms with Crippen LogP contribution in [0.15, 0.2) is 47.1 Å². The van der Waals surface area contributed by atoms with Crippen LogP contribution in [0.5, 0.6) is 0 Å². The van der Waals surface area contributed by atoms with Crippen LogP contribution in [0.4, 0.5) is 0 Å². The van der Waals surface area contributed by atoms with E-state index in [4.69, 9.17) is 16.0 Å². The van der Waals surface area contributed by atoms with Gasteiger partial charge in [-0.15, -0.1) is 0 Å². The molecule has 132 valence electrons. The van der Waals surface area contributed by atoms with Crippen molar-refractivity contribution in [2.24, 2.45) is 0 Å². The fourth-order valence-electron chi connectivity index (χ4n) is 1.97. The van der Waals surface area contributed by atoms with Crippen LogP contribution in [0.1, 0.15) is 23.0 Å². The maximum Gasteiger partial charge on any atom is 0.253 e. The Bertz CT molecular complexity index is 746. The van der Waals surface area contributed by atoms with E-state index in [1.807, 2.05) is 0 Å². The van der Waals surface area contributed by atoms with E-state index in [9.17, 15) is 14.4 Å². The molecule has 1 aromatic heterocycles. The monoisotopic (exact) mass is 363 g/mol. The molecular formula is C17H18ClN3O4. The van der Waals surface area contributed by atoms with Gasteiger partial charge in [0.25, 0.3) is 5.91 Å². The van der Waals surface area contributed by atoms with Crippen molar-refractivity contribution in [3.63, 3.8) is 0 Å². The van der Waals surface area contributed by atoms with Crippen LogP contribution < -0.4 is 16.0 Å². The number of hydrogen-bond donors (Lipinski definition) is 3. The summed E-state index contributed by atoms with van der Waals surface area (Å²) in [4.78, 5) is 35.7. The zero-order valence-corrected chi connectivity index (χ0v) is 14.3. The van der Waals surface area contributed by atoms with E-state index in [1.54, 1.807) is 36.4 Å². The number of benzene rings is 1. The van der Waals surface area contributed by atoms with Gasteiger partial charge < -0.3 is 20.4 Å². The van der Waals surface area contributed by atoms with E-state index in [2.05, 4.69) is 16.0 Å². The van der Waals surface area contributed by atoms with Gasteiger partial charge in [-0.2, -0.15) is 0 Å². The summed E-state index contributed by atoms with van der Waals surface area (Å²) in [6.07, 6.45) is 1.51. The normalized spacial score (nSPS) is 11.4. The summed E-state index contributed by atoms with van der Waals surface area (Å²) in [6, 6.07) is 9.15. The Balaban J connectivity index is 1.75. The number of furan rings is 1. The zero-order valence-electron chi connectivity index (χ0n) is 13.5. The minimum absolute atomic E-state index is 0.203. The molecule has 8 heteroatoms. The van der Waals surface area contributed by atoms with E-state index < -0.39 is 17.9 Å².